The van der Waals surface area contributed by atoms with Gasteiger partial charge in [-0.3, -0.25) is 9.69 Å². The van der Waals surface area contributed by atoms with Crippen LogP contribution in [0.4, 0.5) is 0 Å². The second-order valence-electron chi connectivity index (χ2n) is 10.3. The Bertz CT molecular complexity index is 958. The molecule has 5 nitrogen and oxygen atoms in total. The Kier molecular flexibility index (Phi) is 8.22. The molecule has 1 aromatic carbocycles. The summed E-state index contributed by atoms with van der Waals surface area (Å²) in [4.78, 5) is 14.9. The Labute approximate surface area is 208 Å². The number of hydrogen-bond acceptors (Lipinski definition) is 5. The van der Waals surface area contributed by atoms with E-state index >= 15 is 0 Å². The van der Waals surface area contributed by atoms with Gasteiger partial charge in [0.1, 0.15) is 17.9 Å². The smallest absolute Gasteiger partial charge is 0.251 e. The monoisotopic (exact) mass is 479 g/mol. The van der Waals surface area contributed by atoms with Gasteiger partial charge in [0.15, 0.2) is 0 Å². The third kappa shape index (κ3) is 7.28. The molecule has 34 heavy (non-hydrogen) atoms. The van der Waals surface area contributed by atoms with Crippen LogP contribution in [0.2, 0.25) is 0 Å². The third-order valence-corrected chi connectivity index (χ3v) is 7.28. The van der Waals surface area contributed by atoms with Crippen LogP contribution in [0, 0.1) is 17.3 Å². The Morgan fingerprint density at radius 2 is 2.00 bits per heavy atom. The topological polar surface area (TPSA) is 53.6 Å². The van der Waals surface area contributed by atoms with Crippen LogP contribution in [0.15, 0.2) is 77.4 Å². The molecular formula is C28H37N3O2S. The van der Waals surface area contributed by atoms with Crippen molar-refractivity contribution in [1.82, 2.24) is 15.5 Å². The Balaban J connectivity index is 1.36. The quantitative estimate of drug-likeness (QED) is 0.491. The number of rotatable bonds is 10. The first kappa shape index (κ1) is 24.7. The van der Waals surface area contributed by atoms with Gasteiger partial charge >= 0.3 is 0 Å². The molecule has 0 bridgehead atoms. The molecule has 0 spiro atoms. The standard InChI is InChI=1S/C28H37N3O2S/c1-28(2,3)25-20-34-27(30-25)31(16-17-33-24-10-5-4-6-11-24)19-22-8-7-9-23(15-14-22)26(32)29-18-21-12-13-21/h4-11,14-15,20-22,27,30H,12-13,16-19H2,1-3H3,(H,29,32). The predicted molar refractivity (Wildman–Crippen MR) is 141 cm³/mol. The maximum absolute atomic E-state index is 12.5. The van der Waals surface area contributed by atoms with Gasteiger partial charge in [0.25, 0.3) is 5.91 Å². The zero-order valence-electron chi connectivity index (χ0n) is 20.5. The number of nitrogens with one attached hydrogen (secondary N) is 2. The fourth-order valence-electron chi connectivity index (χ4n) is 3.86. The van der Waals surface area contributed by atoms with E-state index in [1.807, 2.05) is 60.3 Å². The molecule has 2 atom stereocenters. The van der Waals surface area contributed by atoms with Crippen LogP contribution >= 0.6 is 11.8 Å². The Morgan fingerprint density at radius 3 is 2.71 bits per heavy atom. The van der Waals surface area contributed by atoms with E-state index in [1.165, 1.54) is 18.5 Å². The zero-order chi connectivity index (χ0) is 24.0. The molecule has 2 unspecified atom stereocenters. The van der Waals surface area contributed by atoms with Crippen molar-refractivity contribution in [3.63, 3.8) is 0 Å². The van der Waals surface area contributed by atoms with Gasteiger partial charge in [0, 0.05) is 42.2 Å². The summed E-state index contributed by atoms with van der Waals surface area (Å²) in [5.74, 6) is 1.80. The number of carbonyl (C=O) groups is 1. The van der Waals surface area contributed by atoms with E-state index in [-0.39, 0.29) is 22.7 Å². The van der Waals surface area contributed by atoms with Gasteiger partial charge in [-0.05, 0) is 42.4 Å². The summed E-state index contributed by atoms with van der Waals surface area (Å²) in [5.41, 5.74) is 2.24. The number of para-hydroxylation sites is 1. The van der Waals surface area contributed by atoms with Crippen LogP contribution in [-0.2, 0) is 4.79 Å². The van der Waals surface area contributed by atoms with E-state index in [0.717, 1.165) is 31.0 Å². The first-order valence-corrected chi connectivity index (χ1v) is 13.2. The van der Waals surface area contributed by atoms with Crippen molar-refractivity contribution in [2.45, 2.75) is 39.1 Å². The van der Waals surface area contributed by atoms with Gasteiger partial charge < -0.3 is 15.4 Å². The van der Waals surface area contributed by atoms with E-state index in [4.69, 9.17) is 4.74 Å². The first-order chi connectivity index (χ1) is 16.4. The van der Waals surface area contributed by atoms with Crippen LogP contribution in [0.1, 0.15) is 33.6 Å². The molecule has 1 aromatic rings. The summed E-state index contributed by atoms with van der Waals surface area (Å²) in [6, 6.07) is 9.97. The van der Waals surface area contributed by atoms with E-state index < -0.39 is 0 Å². The summed E-state index contributed by atoms with van der Waals surface area (Å²) in [6.07, 6.45) is 12.7. The lowest BCUT2D eigenvalue weighted by molar-refractivity contribution is -0.117. The molecule has 1 amide bonds. The molecular weight excluding hydrogens is 442 g/mol. The van der Waals surface area contributed by atoms with E-state index in [0.29, 0.717) is 12.5 Å². The van der Waals surface area contributed by atoms with Crippen molar-refractivity contribution in [3.8, 4) is 5.75 Å². The highest BCUT2D eigenvalue weighted by atomic mass is 32.2. The highest BCUT2D eigenvalue weighted by Gasteiger charge is 2.30. The molecule has 0 radical (unpaired) electrons. The molecule has 2 N–H and O–H groups in total. The molecule has 1 saturated carbocycles. The number of amides is 1. The molecule has 1 heterocycles. The van der Waals surface area contributed by atoms with Crippen LogP contribution in [0.3, 0.4) is 0 Å². The van der Waals surface area contributed by atoms with Gasteiger partial charge in [-0.25, -0.2) is 0 Å². The van der Waals surface area contributed by atoms with Gasteiger partial charge in [-0.1, -0.05) is 75.0 Å². The second kappa shape index (κ2) is 11.3. The molecule has 2 aliphatic carbocycles. The lowest BCUT2D eigenvalue weighted by Gasteiger charge is -2.32. The predicted octanol–water partition coefficient (Wildman–Crippen LogP) is 5.07. The maximum Gasteiger partial charge on any atom is 0.251 e. The molecule has 1 fully saturated rings. The van der Waals surface area contributed by atoms with Gasteiger partial charge in [-0.15, -0.1) is 0 Å². The van der Waals surface area contributed by atoms with Crippen molar-refractivity contribution in [2.24, 2.45) is 17.3 Å². The first-order valence-electron chi connectivity index (χ1n) is 12.3. The van der Waals surface area contributed by atoms with E-state index in [1.54, 1.807) is 0 Å². The number of nitrogens with zero attached hydrogens (tertiary/aromatic N) is 1. The summed E-state index contributed by atoms with van der Waals surface area (Å²) in [5, 5.41) is 9.03. The number of hydrogen-bond donors (Lipinski definition) is 2. The summed E-state index contributed by atoms with van der Waals surface area (Å²) < 4.78 is 6.01. The Morgan fingerprint density at radius 1 is 1.21 bits per heavy atom. The van der Waals surface area contributed by atoms with Crippen molar-refractivity contribution in [3.05, 3.63) is 77.4 Å². The summed E-state index contributed by atoms with van der Waals surface area (Å²) >= 11 is 1.82. The molecule has 1 aliphatic heterocycles. The summed E-state index contributed by atoms with van der Waals surface area (Å²) in [7, 11) is 0. The lowest BCUT2D eigenvalue weighted by Crippen LogP contribution is -2.45. The minimum atomic E-state index is 0.0219. The molecule has 182 valence electrons. The zero-order valence-corrected chi connectivity index (χ0v) is 21.3. The van der Waals surface area contributed by atoms with Gasteiger partial charge in [0.05, 0.1) is 0 Å². The van der Waals surface area contributed by atoms with E-state index in [9.17, 15) is 4.79 Å². The number of allylic oxidation sites excluding steroid dienone is 3. The van der Waals surface area contributed by atoms with Crippen LogP contribution in [-0.4, -0.2) is 42.5 Å². The van der Waals surface area contributed by atoms with Crippen molar-refractivity contribution >= 4 is 17.7 Å². The SMILES string of the molecule is CC(C)(C)C1=CSC(N(CCOc2ccccc2)CC2C=CC=C(C(=O)NCC3CC3)C=C2)N1. The number of ether oxygens (including phenoxy) is 1. The number of thioether (sulfide) groups is 1. The third-order valence-electron chi connectivity index (χ3n) is 6.24. The molecule has 0 aromatic heterocycles. The molecule has 3 aliphatic rings. The largest absolute Gasteiger partial charge is 0.492 e. The van der Waals surface area contributed by atoms with Crippen molar-refractivity contribution in [1.29, 1.82) is 0 Å². The maximum atomic E-state index is 12.5. The average Bonchev–Trinajstić information content (AvgIpc) is 3.56. The average molecular weight is 480 g/mol. The van der Waals surface area contributed by atoms with Crippen molar-refractivity contribution < 1.29 is 9.53 Å². The van der Waals surface area contributed by atoms with Crippen LogP contribution < -0.4 is 15.4 Å². The second-order valence-corrected chi connectivity index (χ2v) is 11.2. The normalized spacial score (nSPS) is 22.1. The number of carbonyl (C=O) groups excluding carboxylic acids is 1. The summed E-state index contributed by atoms with van der Waals surface area (Å²) in [6.45, 7) is 9.74. The van der Waals surface area contributed by atoms with E-state index in [2.05, 4.69) is 53.9 Å². The molecule has 6 heteroatoms. The fourth-order valence-corrected chi connectivity index (χ4v) is 5.10. The fraction of sp³-hybridized carbons (Fsp3) is 0.464. The van der Waals surface area contributed by atoms with Crippen LogP contribution in [0.5, 0.6) is 5.75 Å². The molecule has 4 rings (SSSR count). The molecule has 0 saturated heterocycles. The van der Waals surface area contributed by atoms with Crippen LogP contribution in [0.25, 0.3) is 0 Å². The Hall–Kier alpha value is -2.44. The lowest BCUT2D eigenvalue weighted by atomic mass is 9.93. The number of benzene rings is 1. The van der Waals surface area contributed by atoms with Gasteiger partial charge in [-0.2, -0.15) is 0 Å². The minimum absolute atomic E-state index is 0.0219. The van der Waals surface area contributed by atoms with Crippen molar-refractivity contribution in [2.75, 3.05) is 26.2 Å². The van der Waals surface area contributed by atoms with Gasteiger partial charge in [0.2, 0.25) is 0 Å². The minimum Gasteiger partial charge on any atom is -0.492 e. The highest BCUT2D eigenvalue weighted by molar-refractivity contribution is 8.02. The highest BCUT2D eigenvalue weighted by Crippen LogP contribution is 2.34.